The van der Waals surface area contributed by atoms with Gasteiger partial charge in [0.15, 0.2) is 0 Å². The average molecular weight is 418 g/mol. The van der Waals surface area contributed by atoms with Crippen molar-refractivity contribution < 1.29 is 17.9 Å². The number of benzene rings is 2. The normalized spacial score (nSPS) is 13.8. The van der Waals surface area contributed by atoms with E-state index < -0.39 is 14.8 Å². The largest absolute Gasteiger partial charge is 0.497 e. The summed E-state index contributed by atoms with van der Waals surface area (Å²) in [4.78, 5) is 0. The van der Waals surface area contributed by atoms with E-state index >= 15 is 0 Å². The Labute approximate surface area is 175 Å². The van der Waals surface area contributed by atoms with Crippen LogP contribution in [0.2, 0.25) is 0 Å². The first-order valence-electron chi connectivity index (χ1n) is 9.54. The predicted molar refractivity (Wildman–Crippen MR) is 117 cm³/mol. The molecule has 5 nitrogen and oxygen atoms in total. The van der Waals surface area contributed by atoms with Crippen LogP contribution in [-0.4, -0.2) is 38.3 Å². The summed E-state index contributed by atoms with van der Waals surface area (Å²) < 4.78 is 38.3. The average Bonchev–Trinajstić information content (AvgIpc) is 2.70. The Hall–Kier alpha value is -2.15. The van der Waals surface area contributed by atoms with Crippen molar-refractivity contribution in [3.63, 3.8) is 0 Å². The van der Waals surface area contributed by atoms with Crippen molar-refractivity contribution in [3.8, 4) is 5.75 Å². The van der Waals surface area contributed by atoms with Crippen molar-refractivity contribution in [2.75, 3.05) is 20.8 Å². The topological polar surface area (TPSA) is 55.8 Å². The molecular formula is C23H31NO4S. The number of rotatable bonds is 11. The Morgan fingerprint density at radius 3 is 1.97 bits per heavy atom. The fourth-order valence-electron chi connectivity index (χ4n) is 3.22. The van der Waals surface area contributed by atoms with E-state index in [4.69, 9.17) is 9.47 Å². The molecule has 0 aliphatic rings. The highest BCUT2D eigenvalue weighted by Crippen LogP contribution is 2.29. The molecule has 158 valence electrons. The van der Waals surface area contributed by atoms with E-state index in [0.717, 1.165) is 22.4 Å². The Kier molecular flexibility index (Phi) is 8.02. The van der Waals surface area contributed by atoms with Crippen LogP contribution < -0.4 is 4.74 Å². The molecule has 0 aliphatic heterocycles. The van der Waals surface area contributed by atoms with Gasteiger partial charge in [-0.2, -0.15) is 4.31 Å². The molecule has 0 aliphatic carbocycles. The quantitative estimate of drug-likeness (QED) is 0.511. The molecule has 1 atom stereocenters. The third-order valence-electron chi connectivity index (χ3n) is 4.99. The minimum atomic E-state index is -3.70. The molecule has 6 heteroatoms. The lowest BCUT2D eigenvalue weighted by Crippen LogP contribution is -2.48. The number of nitrogens with zero attached hydrogens (tertiary/aromatic N) is 1. The third kappa shape index (κ3) is 5.69. The first-order valence-corrected chi connectivity index (χ1v) is 11.0. The highest BCUT2D eigenvalue weighted by atomic mass is 32.2. The van der Waals surface area contributed by atoms with Gasteiger partial charge in [-0.15, -0.1) is 6.58 Å². The lowest BCUT2D eigenvalue weighted by Gasteiger charge is -2.34. The van der Waals surface area contributed by atoms with Crippen LogP contribution in [-0.2, 0) is 27.8 Å². The zero-order valence-electron chi connectivity index (χ0n) is 17.7. The molecule has 0 spiro atoms. The molecule has 0 fully saturated rings. The molecule has 0 unspecified atom stereocenters. The second-order valence-electron chi connectivity index (χ2n) is 7.48. The van der Waals surface area contributed by atoms with Gasteiger partial charge in [-0.25, -0.2) is 8.42 Å². The van der Waals surface area contributed by atoms with E-state index in [9.17, 15) is 8.42 Å². The number of hydrogen-bond acceptors (Lipinski definition) is 4. The van der Waals surface area contributed by atoms with Crippen LogP contribution in [0.15, 0.2) is 61.2 Å². The molecule has 0 saturated heterocycles. The van der Waals surface area contributed by atoms with Crippen LogP contribution in [0.25, 0.3) is 0 Å². The predicted octanol–water partition coefficient (Wildman–Crippen LogP) is 4.32. The summed E-state index contributed by atoms with van der Waals surface area (Å²) in [5.41, 5.74) is 2.96. The van der Waals surface area contributed by atoms with E-state index in [-0.39, 0.29) is 19.7 Å². The van der Waals surface area contributed by atoms with Gasteiger partial charge in [0.2, 0.25) is 10.0 Å². The van der Waals surface area contributed by atoms with Gasteiger partial charge in [-0.1, -0.05) is 48.0 Å². The summed E-state index contributed by atoms with van der Waals surface area (Å²) in [6.45, 7) is 8.10. The molecule has 0 amide bonds. The van der Waals surface area contributed by atoms with Crippen LogP contribution in [0.5, 0.6) is 5.75 Å². The van der Waals surface area contributed by atoms with Crippen molar-refractivity contribution >= 4 is 10.0 Å². The minimum Gasteiger partial charge on any atom is -0.497 e. The summed E-state index contributed by atoms with van der Waals surface area (Å²) in [5, 5.41) is 0. The number of aryl methyl sites for hydroxylation is 1. The van der Waals surface area contributed by atoms with Crippen molar-refractivity contribution in [3.05, 3.63) is 77.9 Å². The number of methoxy groups -OCH3 is 2. The Balaban J connectivity index is 2.42. The summed E-state index contributed by atoms with van der Waals surface area (Å²) >= 11 is 0. The summed E-state index contributed by atoms with van der Waals surface area (Å²) in [6, 6.07) is 15.4. The SMILES string of the molecule is C=CC[C@@](C)(COC)S(=O)(=O)N(Cc1ccc(C)cc1)Cc1ccc(OC)cc1. The van der Waals surface area contributed by atoms with E-state index in [1.807, 2.05) is 55.5 Å². The van der Waals surface area contributed by atoms with Gasteiger partial charge in [-0.05, 0) is 43.5 Å². The number of allylic oxidation sites excluding steroid dienone is 1. The van der Waals surface area contributed by atoms with Gasteiger partial charge in [0.25, 0.3) is 0 Å². The van der Waals surface area contributed by atoms with Crippen LogP contribution >= 0.6 is 0 Å². The molecular weight excluding hydrogens is 386 g/mol. The second-order valence-corrected chi connectivity index (χ2v) is 9.93. The van der Waals surface area contributed by atoms with Crippen molar-refractivity contribution in [2.24, 2.45) is 0 Å². The maximum absolute atomic E-state index is 13.7. The highest BCUT2D eigenvalue weighted by molar-refractivity contribution is 7.90. The maximum Gasteiger partial charge on any atom is 0.222 e. The van der Waals surface area contributed by atoms with E-state index in [2.05, 4.69) is 6.58 Å². The number of sulfonamides is 1. The fourth-order valence-corrected chi connectivity index (χ4v) is 5.08. The van der Waals surface area contributed by atoms with E-state index in [1.54, 1.807) is 20.1 Å². The summed E-state index contributed by atoms with van der Waals surface area (Å²) in [5.74, 6) is 0.734. The first kappa shape index (κ1) is 23.1. The number of ether oxygens (including phenoxy) is 2. The second kappa shape index (κ2) is 10.1. The number of hydrogen-bond donors (Lipinski definition) is 0. The Morgan fingerprint density at radius 2 is 1.52 bits per heavy atom. The van der Waals surface area contributed by atoms with Gasteiger partial charge in [0.05, 0.1) is 13.7 Å². The van der Waals surface area contributed by atoms with E-state index in [0.29, 0.717) is 6.42 Å². The lowest BCUT2D eigenvalue weighted by atomic mass is 10.1. The Morgan fingerprint density at radius 1 is 1.00 bits per heavy atom. The fraction of sp³-hybridized carbons (Fsp3) is 0.391. The monoisotopic (exact) mass is 417 g/mol. The van der Waals surface area contributed by atoms with E-state index in [1.165, 1.54) is 11.4 Å². The maximum atomic E-state index is 13.7. The zero-order chi connectivity index (χ0) is 21.5. The molecule has 0 radical (unpaired) electrons. The lowest BCUT2D eigenvalue weighted by molar-refractivity contribution is 0.165. The molecule has 29 heavy (non-hydrogen) atoms. The first-order chi connectivity index (χ1) is 13.8. The molecule has 0 bridgehead atoms. The van der Waals surface area contributed by atoms with Crippen molar-refractivity contribution in [2.45, 2.75) is 38.1 Å². The van der Waals surface area contributed by atoms with Gasteiger partial charge >= 0.3 is 0 Å². The zero-order valence-corrected chi connectivity index (χ0v) is 18.5. The van der Waals surface area contributed by atoms with Gasteiger partial charge in [-0.3, -0.25) is 0 Å². The minimum absolute atomic E-state index is 0.0916. The van der Waals surface area contributed by atoms with Crippen LogP contribution in [0.4, 0.5) is 0 Å². The standard InChI is InChI=1S/C23H31NO4S/c1-6-15-23(3,18-27-4)29(25,26)24(16-20-9-7-19(2)8-10-20)17-21-11-13-22(28-5)14-12-21/h6-14H,1,15-18H2,2-5H3/t23-/m0/s1. The summed E-state index contributed by atoms with van der Waals surface area (Å²) in [6.07, 6.45) is 1.93. The molecule has 0 saturated carbocycles. The van der Waals surface area contributed by atoms with Crippen LogP contribution in [0, 0.1) is 6.92 Å². The molecule has 0 N–H and O–H groups in total. The van der Waals surface area contributed by atoms with Crippen molar-refractivity contribution in [1.82, 2.24) is 4.31 Å². The smallest absolute Gasteiger partial charge is 0.222 e. The van der Waals surface area contributed by atoms with Gasteiger partial charge in [0, 0.05) is 20.2 Å². The molecule has 2 aromatic rings. The molecule has 2 rings (SSSR count). The highest BCUT2D eigenvalue weighted by Gasteiger charge is 2.42. The molecule has 0 heterocycles. The Bertz CT molecular complexity index is 891. The molecule has 2 aromatic carbocycles. The molecule has 0 aromatic heterocycles. The van der Waals surface area contributed by atoms with Gasteiger partial charge in [0.1, 0.15) is 10.5 Å². The van der Waals surface area contributed by atoms with Crippen molar-refractivity contribution in [1.29, 1.82) is 0 Å². The third-order valence-corrected chi connectivity index (χ3v) is 7.45. The van der Waals surface area contributed by atoms with Gasteiger partial charge < -0.3 is 9.47 Å². The van der Waals surface area contributed by atoms with Crippen LogP contribution in [0.3, 0.4) is 0 Å². The van der Waals surface area contributed by atoms with Crippen LogP contribution in [0.1, 0.15) is 30.0 Å². The summed E-state index contributed by atoms with van der Waals surface area (Å²) in [7, 11) is -0.579.